The highest BCUT2D eigenvalue weighted by Crippen LogP contribution is 2.30. The summed E-state index contributed by atoms with van der Waals surface area (Å²) < 4.78 is 5.92. The van der Waals surface area contributed by atoms with Gasteiger partial charge in [0.05, 0.1) is 5.69 Å². The summed E-state index contributed by atoms with van der Waals surface area (Å²) in [7, 11) is 0. The second kappa shape index (κ2) is 7.14. The van der Waals surface area contributed by atoms with Crippen LogP contribution in [0.4, 0.5) is 5.69 Å². The molecule has 3 heteroatoms. The number of allylic oxidation sites excluding steroid dienone is 1. The number of rotatable bonds is 4. The van der Waals surface area contributed by atoms with Gasteiger partial charge in [0.15, 0.2) is 11.5 Å². The van der Waals surface area contributed by atoms with Gasteiger partial charge in [-0.25, -0.2) is 0 Å². The Labute approximate surface area is 137 Å². The van der Waals surface area contributed by atoms with Crippen molar-refractivity contribution in [2.24, 2.45) is 5.92 Å². The summed E-state index contributed by atoms with van der Waals surface area (Å²) in [6.07, 6.45) is 4.75. The summed E-state index contributed by atoms with van der Waals surface area (Å²) in [5, 5.41) is 3.25. The minimum atomic E-state index is 0.132. The molecule has 1 fully saturated rings. The number of carbonyl (C=O) groups excluding carboxylic acids is 1. The molecule has 1 aliphatic rings. The molecule has 0 spiro atoms. The lowest BCUT2D eigenvalue weighted by Crippen LogP contribution is -2.19. The summed E-state index contributed by atoms with van der Waals surface area (Å²) in [5.74, 6) is 1.92. The predicted molar refractivity (Wildman–Crippen MR) is 92.7 cm³/mol. The minimum absolute atomic E-state index is 0.132. The smallest absolute Gasteiger partial charge is 0.163 e. The zero-order chi connectivity index (χ0) is 16.1. The maximum Gasteiger partial charge on any atom is 0.163 e. The highest BCUT2D eigenvalue weighted by atomic mass is 16.5. The molecule has 118 valence electrons. The Morgan fingerprint density at radius 2 is 1.83 bits per heavy atom. The Morgan fingerprint density at radius 3 is 2.65 bits per heavy atom. The Kier molecular flexibility index (Phi) is 4.77. The monoisotopic (exact) mass is 307 g/mol. The van der Waals surface area contributed by atoms with Crippen molar-refractivity contribution in [2.75, 3.05) is 5.32 Å². The Hall–Kier alpha value is -2.55. The maximum absolute atomic E-state index is 12.2. The molecule has 0 aromatic heterocycles. The van der Waals surface area contributed by atoms with E-state index in [9.17, 15) is 4.79 Å². The maximum atomic E-state index is 12.2. The second-order valence-corrected chi connectivity index (χ2v) is 5.88. The minimum Gasteiger partial charge on any atom is -0.455 e. The van der Waals surface area contributed by atoms with Gasteiger partial charge in [-0.05, 0) is 43.5 Å². The molecule has 23 heavy (non-hydrogen) atoms. The van der Waals surface area contributed by atoms with Crippen LogP contribution in [0.3, 0.4) is 0 Å². The molecule has 1 aliphatic carbocycles. The third kappa shape index (κ3) is 3.81. The molecule has 0 bridgehead atoms. The molecule has 0 unspecified atom stereocenters. The number of para-hydroxylation sites is 3. The number of ether oxygens (including phenoxy) is 1. The van der Waals surface area contributed by atoms with E-state index < -0.39 is 0 Å². The van der Waals surface area contributed by atoms with Gasteiger partial charge in [0.2, 0.25) is 0 Å². The summed E-state index contributed by atoms with van der Waals surface area (Å²) in [6, 6.07) is 17.4. The standard InChI is InChI=1S/C20H21NO2/c1-15-8-7-9-16(20(15)22)14-21-18-12-5-6-13-19(18)23-17-10-3-2-4-11-17/h2-6,10-15,21H,7-9H2,1H3/b16-14-/t15-/m1/s1. The van der Waals surface area contributed by atoms with Crippen LogP contribution in [0.1, 0.15) is 26.2 Å². The number of hydrogen-bond acceptors (Lipinski definition) is 3. The lowest BCUT2D eigenvalue weighted by atomic mass is 9.86. The number of nitrogens with one attached hydrogen (secondary N) is 1. The van der Waals surface area contributed by atoms with Crippen LogP contribution in [0, 0.1) is 5.92 Å². The van der Waals surface area contributed by atoms with Crippen molar-refractivity contribution in [3.8, 4) is 11.5 Å². The lowest BCUT2D eigenvalue weighted by Gasteiger charge is -2.19. The summed E-state index contributed by atoms with van der Waals surface area (Å²) >= 11 is 0. The summed E-state index contributed by atoms with van der Waals surface area (Å²) in [6.45, 7) is 2.00. The second-order valence-electron chi connectivity index (χ2n) is 5.88. The van der Waals surface area contributed by atoms with Gasteiger partial charge in [0.1, 0.15) is 5.75 Å². The largest absolute Gasteiger partial charge is 0.455 e. The quantitative estimate of drug-likeness (QED) is 0.792. The number of Topliss-reactive ketones (excluding diaryl/α,β-unsaturated/α-hetero) is 1. The average Bonchev–Trinajstić information content (AvgIpc) is 2.58. The third-order valence-electron chi connectivity index (χ3n) is 4.11. The first-order valence-electron chi connectivity index (χ1n) is 8.06. The molecule has 0 amide bonds. The molecule has 2 aromatic rings. The molecule has 2 aromatic carbocycles. The van der Waals surface area contributed by atoms with Crippen LogP contribution in [-0.4, -0.2) is 5.78 Å². The molecule has 1 atom stereocenters. The van der Waals surface area contributed by atoms with E-state index in [4.69, 9.17) is 4.74 Å². The van der Waals surface area contributed by atoms with Crippen molar-refractivity contribution >= 4 is 11.5 Å². The fourth-order valence-corrected chi connectivity index (χ4v) is 2.77. The van der Waals surface area contributed by atoms with Gasteiger partial charge in [-0.2, -0.15) is 0 Å². The number of benzene rings is 2. The van der Waals surface area contributed by atoms with Gasteiger partial charge in [-0.1, -0.05) is 37.3 Å². The normalized spacial score (nSPS) is 19.6. The SMILES string of the molecule is C[C@@H]1CCC/C(=C/Nc2ccccc2Oc2ccccc2)C1=O. The van der Waals surface area contributed by atoms with Gasteiger partial charge >= 0.3 is 0 Å². The molecule has 3 nitrogen and oxygen atoms in total. The Bertz CT molecular complexity index is 707. The fraction of sp³-hybridized carbons (Fsp3) is 0.250. The Morgan fingerprint density at radius 1 is 1.09 bits per heavy atom. The fourth-order valence-electron chi connectivity index (χ4n) is 2.77. The van der Waals surface area contributed by atoms with E-state index in [1.807, 2.05) is 67.7 Å². The highest BCUT2D eigenvalue weighted by molar-refractivity contribution is 5.97. The molecule has 0 saturated heterocycles. The van der Waals surface area contributed by atoms with E-state index in [0.29, 0.717) is 0 Å². The van der Waals surface area contributed by atoms with E-state index in [1.54, 1.807) is 0 Å². The van der Waals surface area contributed by atoms with Crippen LogP contribution in [0.2, 0.25) is 0 Å². The van der Waals surface area contributed by atoms with Gasteiger partial charge in [0, 0.05) is 17.7 Å². The highest BCUT2D eigenvalue weighted by Gasteiger charge is 2.22. The molecule has 3 rings (SSSR count). The van der Waals surface area contributed by atoms with Gasteiger partial charge in [-0.15, -0.1) is 0 Å². The molecule has 0 radical (unpaired) electrons. The first kappa shape index (κ1) is 15.3. The molecule has 0 aliphatic heterocycles. The van der Waals surface area contributed by atoms with E-state index in [0.717, 1.165) is 42.0 Å². The molecular formula is C20H21NO2. The van der Waals surface area contributed by atoms with Crippen LogP contribution in [0.5, 0.6) is 11.5 Å². The van der Waals surface area contributed by atoms with Crippen molar-refractivity contribution in [3.63, 3.8) is 0 Å². The zero-order valence-corrected chi connectivity index (χ0v) is 13.3. The zero-order valence-electron chi connectivity index (χ0n) is 13.3. The van der Waals surface area contributed by atoms with Crippen molar-refractivity contribution in [2.45, 2.75) is 26.2 Å². The lowest BCUT2D eigenvalue weighted by molar-refractivity contribution is -0.119. The predicted octanol–water partition coefficient (Wildman–Crippen LogP) is 5.16. The first-order valence-corrected chi connectivity index (χ1v) is 8.06. The number of hydrogen-bond donors (Lipinski definition) is 1. The third-order valence-corrected chi connectivity index (χ3v) is 4.11. The average molecular weight is 307 g/mol. The number of anilines is 1. The Balaban J connectivity index is 1.77. The van der Waals surface area contributed by atoms with Gasteiger partial charge < -0.3 is 10.1 Å². The van der Waals surface area contributed by atoms with Crippen molar-refractivity contribution in [1.29, 1.82) is 0 Å². The summed E-state index contributed by atoms with van der Waals surface area (Å²) in [4.78, 5) is 12.2. The van der Waals surface area contributed by atoms with Crippen LogP contribution in [0.25, 0.3) is 0 Å². The molecule has 1 saturated carbocycles. The van der Waals surface area contributed by atoms with Crippen molar-refractivity contribution in [1.82, 2.24) is 0 Å². The van der Waals surface area contributed by atoms with Crippen LogP contribution >= 0.6 is 0 Å². The van der Waals surface area contributed by atoms with Crippen LogP contribution in [0.15, 0.2) is 66.4 Å². The summed E-state index contributed by atoms with van der Waals surface area (Å²) in [5.41, 5.74) is 1.73. The van der Waals surface area contributed by atoms with Crippen LogP contribution < -0.4 is 10.1 Å². The van der Waals surface area contributed by atoms with Crippen LogP contribution in [-0.2, 0) is 4.79 Å². The number of carbonyl (C=O) groups is 1. The topological polar surface area (TPSA) is 38.3 Å². The molecule has 0 heterocycles. The van der Waals surface area contributed by atoms with E-state index >= 15 is 0 Å². The van der Waals surface area contributed by atoms with Gasteiger partial charge in [0.25, 0.3) is 0 Å². The van der Waals surface area contributed by atoms with E-state index in [-0.39, 0.29) is 11.7 Å². The number of ketones is 1. The van der Waals surface area contributed by atoms with Crippen molar-refractivity contribution in [3.05, 3.63) is 66.4 Å². The van der Waals surface area contributed by atoms with E-state index in [2.05, 4.69) is 5.32 Å². The van der Waals surface area contributed by atoms with Gasteiger partial charge in [-0.3, -0.25) is 4.79 Å². The first-order chi connectivity index (χ1) is 11.2. The molecule has 1 N–H and O–H groups in total. The van der Waals surface area contributed by atoms with Crippen molar-refractivity contribution < 1.29 is 9.53 Å². The van der Waals surface area contributed by atoms with E-state index in [1.165, 1.54) is 0 Å². The molecular weight excluding hydrogens is 286 g/mol.